The maximum Gasteiger partial charge on any atom is 0.307 e. The topological polar surface area (TPSA) is 37.3 Å². The van der Waals surface area contributed by atoms with E-state index in [0.717, 1.165) is 6.42 Å². The van der Waals surface area contributed by atoms with Crippen LogP contribution in [0.3, 0.4) is 0 Å². The summed E-state index contributed by atoms with van der Waals surface area (Å²) < 4.78 is 0. The molecule has 2 nitrogen and oxygen atoms in total. The highest BCUT2D eigenvalue weighted by molar-refractivity contribution is 5.70. The van der Waals surface area contributed by atoms with Gasteiger partial charge < -0.3 is 5.11 Å². The monoisotopic (exact) mass is 139 g/mol. The standard InChI is InChI=1S/C8H11O2/c1-3-5-7(4-2)6-8(9)10/h4H,2-3,6H2,1H3,(H,9,10). The van der Waals surface area contributed by atoms with Gasteiger partial charge in [0.15, 0.2) is 0 Å². The smallest absolute Gasteiger partial charge is 0.307 e. The molecule has 0 bridgehead atoms. The van der Waals surface area contributed by atoms with Gasteiger partial charge in [0.2, 0.25) is 0 Å². The van der Waals surface area contributed by atoms with Gasteiger partial charge in [0.25, 0.3) is 0 Å². The Labute approximate surface area is 60.9 Å². The summed E-state index contributed by atoms with van der Waals surface area (Å²) in [6.07, 6.45) is 5.16. The van der Waals surface area contributed by atoms with Crippen LogP contribution < -0.4 is 0 Å². The van der Waals surface area contributed by atoms with Crippen LogP contribution in [0.4, 0.5) is 0 Å². The fourth-order valence-corrected chi connectivity index (χ4v) is 0.597. The Morgan fingerprint density at radius 3 is 2.70 bits per heavy atom. The normalized spacial score (nSPS) is 11.1. The van der Waals surface area contributed by atoms with Gasteiger partial charge >= 0.3 is 5.97 Å². The highest BCUT2D eigenvalue weighted by Gasteiger charge is 1.97. The lowest BCUT2D eigenvalue weighted by molar-refractivity contribution is -0.136. The molecule has 0 spiro atoms. The molecule has 0 aromatic rings. The molecule has 10 heavy (non-hydrogen) atoms. The summed E-state index contributed by atoms with van der Waals surface area (Å²) in [7, 11) is 0. The van der Waals surface area contributed by atoms with Gasteiger partial charge in [-0.2, -0.15) is 0 Å². The van der Waals surface area contributed by atoms with Crippen molar-refractivity contribution in [1.29, 1.82) is 0 Å². The predicted octanol–water partition coefficient (Wildman–Crippen LogP) is 1.79. The molecule has 0 saturated heterocycles. The molecule has 2 heteroatoms. The molecule has 1 N–H and O–H groups in total. The van der Waals surface area contributed by atoms with E-state index >= 15 is 0 Å². The second-order valence-electron chi connectivity index (χ2n) is 1.83. The average Bonchev–Trinajstić information content (AvgIpc) is 1.86. The molecule has 55 valence electrons. The van der Waals surface area contributed by atoms with E-state index in [4.69, 9.17) is 5.11 Å². The molecule has 0 aliphatic rings. The van der Waals surface area contributed by atoms with Crippen LogP contribution in [-0.2, 0) is 4.79 Å². The first-order valence-corrected chi connectivity index (χ1v) is 3.14. The Hall–Kier alpha value is -1.05. The van der Waals surface area contributed by atoms with E-state index in [9.17, 15) is 4.79 Å². The van der Waals surface area contributed by atoms with Crippen molar-refractivity contribution in [3.8, 4) is 0 Å². The molecule has 0 unspecified atom stereocenters. The summed E-state index contributed by atoms with van der Waals surface area (Å²) in [6, 6.07) is 0. The van der Waals surface area contributed by atoms with E-state index in [2.05, 4.69) is 12.7 Å². The van der Waals surface area contributed by atoms with Gasteiger partial charge in [-0.25, -0.2) is 0 Å². The Kier molecular flexibility index (Phi) is 4.29. The number of hydrogen-bond acceptors (Lipinski definition) is 1. The zero-order chi connectivity index (χ0) is 7.98. The third kappa shape index (κ3) is 3.89. The predicted molar refractivity (Wildman–Crippen MR) is 39.5 cm³/mol. The first-order valence-electron chi connectivity index (χ1n) is 3.14. The SMILES string of the molecule is C=CC(=[C]CC)CC(=O)O. The van der Waals surface area contributed by atoms with Gasteiger partial charge in [0.1, 0.15) is 0 Å². The quantitative estimate of drug-likeness (QED) is 0.603. The Balaban J connectivity index is 3.95. The molecular formula is C8H11O2. The van der Waals surface area contributed by atoms with Crippen LogP contribution in [-0.4, -0.2) is 11.1 Å². The van der Waals surface area contributed by atoms with Gasteiger partial charge in [0, 0.05) is 0 Å². The Bertz CT molecular complexity index is 157. The van der Waals surface area contributed by atoms with E-state index in [1.54, 1.807) is 0 Å². The molecule has 0 rings (SSSR count). The maximum absolute atomic E-state index is 10.1. The van der Waals surface area contributed by atoms with Gasteiger partial charge in [-0.1, -0.05) is 19.6 Å². The molecule has 0 aromatic heterocycles. The van der Waals surface area contributed by atoms with Crippen LogP contribution in [0.1, 0.15) is 19.8 Å². The Morgan fingerprint density at radius 2 is 2.40 bits per heavy atom. The number of rotatable bonds is 4. The second kappa shape index (κ2) is 4.79. The average molecular weight is 139 g/mol. The van der Waals surface area contributed by atoms with Crippen molar-refractivity contribution < 1.29 is 9.90 Å². The highest BCUT2D eigenvalue weighted by atomic mass is 16.4. The molecule has 1 radical (unpaired) electrons. The van der Waals surface area contributed by atoms with E-state index < -0.39 is 5.97 Å². The number of carbonyl (C=O) groups is 1. The summed E-state index contributed by atoms with van der Waals surface area (Å²) in [5, 5.41) is 8.33. The lowest BCUT2D eigenvalue weighted by Gasteiger charge is -1.93. The largest absolute Gasteiger partial charge is 0.481 e. The van der Waals surface area contributed by atoms with Crippen molar-refractivity contribution in [3.05, 3.63) is 24.3 Å². The number of carboxylic acids is 1. The van der Waals surface area contributed by atoms with Crippen molar-refractivity contribution in [3.63, 3.8) is 0 Å². The first-order chi connectivity index (χ1) is 4.70. The van der Waals surface area contributed by atoms with Crippen molar-refractivity contribution in [2.24, 2.45) is 0 Å². The lowest BCUT2D eigenvalue weighted by Crippen LogP contribution is -1.95. The minimum atomic E-state index is -0.837. The second-order valence-corrected chi connectivity index (χ2v) is 1.83. The number of aliphatic carboxylic acids is 1. The molecule has 0 saturated carbocycles. The zero-order valence-electron chi connectivity index (χ0n) is 6.05. The molecular weight excluding hydrogens is 128 g/mol. The summed E-state index contributed by atoms with van der Waals surface area (Å²) in [6.45, 7) is 5.38. The zero-order valence-corrected chi connectivity index (χ0v) is 6.05. The third-order valence-corrected chi connectivity index (χ3v) is 0.992. The highest BCUT2D eigenvalue weighted by Crippen LogP contribution is 2.02. The van der Waals surface area contributed by atoms with Crippen molar-refractivity contribution >= 4 is 5.97 Å². The summed E-state index contributed by atoms with van der Waals surface area (Å²) in [4.78, 5) is 10.1. The molecule has 0 heterocycles. The van der Waals surface area contributed by atoms with Crippen molar-refractivity contribution in [2.45, 2.75) is 19.8 Å². The van der Waals surface area contributed by atoms with Crippen LogP contribution in [0, 0.1) is 6.08 Å². The van der Waals surface area contributed by atoms with E-state index in [1.165, 1.54) is 6.08 Å². The van der Waals surface area contributed by atoms with Crippen LogP contribution in [0.2, 0.25) is 0 Å². The lowest BCUT2D eigenvalue weighted by atomic mass is 10.1. The number of hydrogen-bond donors (Lipinski definition) is 1. The number of allylic oxidation sites excluding steroid dienone is 2. The molecule has 0 atom stereocenters. The number of carboxylic acid groups (broad SMARTS) is 1. The Morgan fingerprint density at radius 1 is 1.80 bits per heavy atom. The van der Waals surface area contributed by atoms with Crippen molar-refractivity contribution in [2.75, 3.05) is 0 Å². The van der Waals surface area contributed by atoms with Crippen LogP contribution in [0.15, 0.2) is 18.2 Å². The van der Waals surface area contributed by atoms with Crippen LogP contribution >= 0.6 is 0 Å². The first kappa shape index (κ1) is 8.95. The molecule has 0 aliphatic heterocycles. The fraction of sp³-hybridized carbons (Fsp3) is 0.375. The maximum atomic E-state index is 10.1. The minimum absolute atomic E-state index is 0.0251. The third-order valence-electron chi connectivity index (χ3n) is 0.992. The summed E-state index contributed by atoms with van der Waals surface area (Å²) in [5.41, 5.74) is 0.662. The summed E-state index contributed by atoms with van der Waals surface area (Å²) >= 11 is 0. The van der Waals surface area contributed by atoms with Gasteiger partial charge in [-0.3, -0.25) is 4.79 Å². The molecule has 0 aliphatic carbocycles. The minimum Gasteiger partial charge on any atom is -0.481 e. The molecule has 0 amide bonds. The summed E-state index contributed by atoms with van der Waals surface area (Å²) in [5.74, 6) is -0.837. The van der Waals surface area contributed by atoms with E-state index in [1.807, 2.05) is 6.92 Å². The van der Waals surface area contributed by atoms with Gasteiger partial charge in [-0.05, 0) is 18.1 Å². The van der Waals surface area contributed by atoms with Crippen molar-refractivity contribution in [1.82, 2.24) is 0 Å². The molecule has 0 fully saturated rings. The van der Waals surface area contributed by atoms with Crippen LogP contribution in [0.25, 0.3) is 0 Å². The van der Waals surface area contributed by atoms with Crippen LogP contribution in [0.5, 0.6) is 0 Å². The fourth-order valence-electron chi connectivity index (χ4n) is 0.597. The molecule has 0 aromatic carbocycles. The van der Waals surface area contributed by atoms with Gasteiger partial charge in [0.05, 0.1) is 6.42 Å². The van der Waals surface area contributed by atoms with Gasteiger partial charge in [-0.15, -0.1) is 0 Å². The van der Waals surface area contributed by atoms with E-state index in [-0.39, 0.29) is 6.42 Å². The van der Waals surface area contributed by atoms with E-state index in [0.29, 0.717) is 5.57 Å².